The molecule has 0 saturated heterocycles. The van der Waals surface area contributed by atoms with Crippen LogP contribution in [0.4, 0.5) is 17.1 Å². The van der Waals surface area contributed by atoms with Crippen LogP contribution in [-0.4, -0.2) is 0 Å². The maximum absolute atomic E-state index is 7.28. The zero-order valence-electron chi connectivity index (χ0n) is 32.8. The van der Waals surface area contributed by atoms with E-state index in [1.54, 1.807) is 0 Å². The van der Waals surface area contributed by atoms with E-state index in [0.29, 0.717) is 0 Å². The molecule has 0 atom stereocenters. The normalized spacial score (nSPS) is 12.1. The highest BCUT2D eigenvalue weighted by Gasteiger charge is 2.26. The molecule has 276 valence electrons. The van der Waals surface area contributed by atoms with E-state index in [4.69, 9.17) is 4.42 Å². The van der Waals surface area contributed by atoms with E-state index < -0.39 is 0 Å². The van der Waals surface area contributed by atoms with Crippen LogP contribution in [0.15, 0.2) is 199 Å². The summed E-state index contributed by atoms with van der Waals surface area (Å²) in [7, 11) is 0. The number of para-hydroxylation sites is 2. The first-order valence-corrected chi connectivity index (χ1v) is 20.2. The van der Waals surface area contributed by atoms with Gasteiger partial charge in [0.2, 0.25) is 0 Å². The molecular weight excluding hydrogens is 703 g/mol. The van der Waals surface area contributed by atoms with Crippen LogP contribution in [0.2, 0.25) is 0 Å². The Kier molecular flexibility index (Phi) is 7.78. The van der Waals surface area contributed by atoms with Crippen molar-refractivity contribution in [2.75, 3.05) is 4.90 Å². The third-order valence-electron chi connectivity index (χ3n) is 12.0. The van der Waals surface area contributed by atoms with Crippen LogP contribution < -0.4 is 4.90 Å². The van der Waals surface area contributed by atoms with Crippen molar-refractivity contribution >= 4 is 71.3 Å². The molecule has 0 saturated carbocycles. The molecule has 58 heavy (non-hydrogen) atoms. The van der Waals surface area contributed by atoms with Crippen LogP contribution in [0, 0.1) is 0 Å². The molecule has 11 rings (SSSR count). The van der Waals surface area contributed by atoms with Gasteiger partial charge in [0, 0.05) is 44.7 Å². The fourth-order valence-electron chi connectivity index (χ4n) is 9.18. The van der Waals surface area contributed by atoms with E-state index in [0.717, 1.165) is 44.4 Å². The van der Waals surface area contributed by atoms with Gasteiger partial charge in [0.25, 0.3) is 0 Å². The van der Waals surface area contributed by atoms with Gasteiger partial charge in [0.05, 0.1) is 0 Å². The number of rotatable bonds is 6. The summed E-state index contributed by atoms with van der Waals surface area (Å²) in [6, 6.07) is 70.5. The lowest BCUT2D eigenvalue weighted by atomic mass is 9.82. The summed E-state index contributed by atoms with van der Waals surface area (Å²) in [5, 5.41) is 9.59. The molecule has 0 aliphatic heterocycles. The van der Waals surface area contributed by atoms with Crippen molar-refractivity contribution in [3.8, 4) is 33.4 Å². The van der Waals surface area contributed by atoms with Crippen LogP contribution in [-0.2, 0) is 5.41 Å². The molecule has 0 aliphatic rings. The van der Waals surface area contributed by atoms with E-state index in [9.17, 15) is 0 Å². The predicted octanol–water partition coefficient (Wildman–Crippen LogP) is 16.3. The molecule has 0 unspecified atom stereocenters. The number of nitrogens with zero attached hydrogens (tertiary/aromatic N) is 1. The summed E-state index contributed by atoms with van der Waals surface area (Å²) in [5.74, 6) is 0. The van der Waals surface area contributed by atoms with E-state index >= 15 is 0 Å². The lowest BCUT2D eigenvalue weighted by Crippen LogP contribution is -2.10. The lowest BCUT2D eigenvalue weighted by Gasteiger charge is -2.25. The molecule has 0 aliphatic carbocycles. The highest BCUT2D eigenvalue weighted by atomic mass is 16.3. The minimum Gasteiger partial charge on any atom is -0.455 e. The molecule has 11 aromatic rings. The van der Waals surface area contributed by atoms with Crippen LogP contribution in [0.3, 0.4) is 0 Å². The van der Waals surface area contributed by atoms with Crippen LogP contribution in [0.25, 0.3) is 87.6 Å². The number of fused-ring (bicyclic) bond motifs is 5. The molecule has 10 aromatic carbocycles. The second kappa shape index (κ2) is 13.2. The van der Waals surface area contributed by atoms with E-state index in [1.165, 1.54) is 65.9 Å². The van der Waals surface area contributed by atoms with Gasteiger partial charge in [0.1, 0.15) is 11.2 Å². The summed E-state index contributed by atoms with van der Waals surface area (Å²) in [6.07, 6.45) is 0. The maximum atomic E-state index is 7.28. The van der Waals surface area contributed by atoms with Crippen molar-refractivity contribution in [1.82, 2.24) is 0 Å². The Hall–Kier alpha value is -7.16. The lowest BCUT2D eigenvalue weighted by molar-refractivity contribution is 0.590. The van der Waals surface area contributed by atoms with Gasteiger partial charge >= 0.3 is 0 Å². The highest BCUT2D eigenvalue weighted by Crippen LogP contribution is 2.52. The van der Waals surface area contributed by atoms with Crippen LogP contribution in [0.1, 0.15) is 26.3 Å². The molecule has 1 heterocycles. The average Bonchev–Trinajstić information content (AvgIpc) is 3.66. The van der Waals surface area contributed by atoms with Crippen molar-refractivity contribution < 1.29 is 4.42 Å². The van der Waals surface area contributed by atoms with Crippen molar-refractivity contribution in [2.24, 2.45) is 0 Å². The Morgan fingerprint density at radius 3 is 1.52 bits per heavy atom. The van der Waals surface area contributed by atoms with Gasteiger partial charge in [-0.15, -0.1) is 0 Å². The molecule has 0 bridgehead atoms. The molecule has 2 heteroatoms. The third kappa shape index (κ3) is 5.40. The molecule has 2 nitrogen and oxygen atoms in total. The van der Waals surface area contributed by atoms with Gasteiger partial charge in [0.15, 0.2) is 0 Å². The van der Waals surface area contributed by atoms with Crippen molar-refractivity contribution in [1.29, 1.82) is 0 Å². The Morgan fingerprint density at radius 1 is 0.362 bits per heavy atom. The van der Waals surface area contributed by atoms with Gasteiger partial charge in [-0.3, -0.25) is 0 Å². The molecule has 0 fully saturated rings. The van der Waals surface area contributed by atoms with E-state index in [2.05, 4.69) is 220 Å². The average molecular weight is 744 g/mol. The number of hydrogen-bond acceptors (Lipinski definition) is 2. The van der Waals surface area contributed by atoms with Gasteiger partial charge < -0.3 is 9.32 Å². The van der Waals surface area contributed by atoms with Crippen molar-refractivity contribution in [3.63, 3.8) is 0 Å². The summed E-state index contributed by atoms with van der Waals surface area (Å²) in [5.41, 5.74) is 13.6. The molecule has 1 aromatic heterocycles. The second-order valence-electron chi connectivity index (χ2n) is 16.5. The molecule has 0 N–H and O–H groups in total. The summed E-state index contributed by atoms with van der Waals surface area (Å²) in [4.78, 5) is 2.30. The topological polar surface area (TPSA) is 16.4 Å². The van der Waals surface area contributed by atoms with Gasteiger partial charge in [-0.2, -0.15) is 0 Å². The Bertz CT molecular complexity index is 3230. The Balaban J connectivity index is 1.28. The minimum atomic E-state index is 0.0642. The fourth-order valence-corrected chi connectivity index (χ4v) is 9.18. The maximum Gasteiger partial charge on any atom is 0.144 e. The summed E-state index contributed by atoms with van der Waals surface area (Å²) < 4.78 is 7.28. The van der Waals surface area contributed by atoms with Crippen LogP contribution in [0.5, 0.6) is 0 Å². The first kappa shape index (κ1) is 34.1. The number of benzene rings is 10. The SMILES string of the molecule is CC(C)(C)c1ccc(-c2cc3c(-c4ccccc4)ccc4c5c6ccc(N(c7ccccc7)c7ccccc7)cc6oc5c5c(-c6ccccc6)ccc2c5c34)cc1. The van der Waals surface area contributed by atoms with Gasteiger partial charge in [-0.25, -0.2) is 0 Å². The van der Waals surface area contributed by atoms with E-state index in [-0.39, 0.29) is 5.41 Å². The number of anilines is 3. The number of hydrogen-bond donors (Lipinski definition) is 0. The predicted molar refractivity (Wildman–Crippen MR) is 247 cm³/mol. The van der Waals surface area contributed by atoms with E-state index in [1.807, 2.05) is 0 Å². The number of furan rings is 1. The molecule has 0 radical (unpaired) electrons. The second-order valence-corrected chi connectivity index (χ2v) is 16.5. The third-order valence-corrected chi connectivity index (χ3v) is 12.0. The van der Waals surface area contributed by atoms with Crippen molar-refractivity contribution in [2.45, 2.75) is 26.2 Å². The summed E-state index contributed by atoms with van der Waals surface area (Å²) >= 11 is 0. The monoisotopic (exact) mass is 743 g/mol. The minimum absolute atomic E-state index is 0.0642. The standard InChI is InChI=1S/C56H41NO/c1-56(2,3)39-26-24-38(25-27-39)48-35-49-43(36-16-8-4-9-17-36)30-33-47-51(49)53-45(48)32-31-44(37-18-10-5-11-19-37)54(53)55-52(47)46-29-28-42(34-50(46)58-55)57(40-20-12-6-13-21-40)41-22-14-7-15-23-41/h4-35H,1-3H3. The quantitative estimate of drug-likeness (QED) is 0.158. The first-order chi connectivity index (χ1) is 28.4. The largest absolute Gasteiger partial charge is 0.455 e. The Morgan fingerprint density at radius 2 is 0.897 bits per heavy atom. The Labute approximate surface area is 338 Å². The smallest absolute Gasteiger partial charge is 0.144 e. The zero-order valence-corrected chi connectivity index (χ0v) is 32.8. The fraction of sp³-hybridized carbons (Fsp3) is 0.0714. The first-order valence-electron chi connectivity index (χ1n) is 20.2. The zero-order chi connectivity index (χ0) is 39.0. The van der Waals surface area contributed by atoms with Crippen LogP contribution >= 0.6 is 0 Å². The summed E-state index contributed by atoms with van der Waals surface area (Å²) in [6.45, 7) is 6.83. The molecule has 0 amide bonds. The van der Waals surface area contributed by atoms with Gasteiger partial charge in [-0.1, -0.05) is 166 Å². The van der Waals surface area contributed by atoms with Crippen molar-refractivity contribution in [3.05, 3.63) is 200 Å². The highest BCUT2D eigenvalue weighted by molar-refractivity contribution is 6.40. The molecule has 0 spiro atoms. The van der Waals surface area contributed by atoms with Gasteiger partial charge in [-0.05, 0) is 108 Å². The molecular formula is C56H41NO.